The van der Waals surface area contributed by atoms with Crippen molar-refractivity contribution in [3.05, 3.63) is 0 Å². The van der Waals surface area contributed by atoms with E-state index in [1.807, 2.05) is 18.7 Å². The number of rotatable bonds is 4. The Balaban J connectivity index is 2.55. The van der Waals surface area contributed by atoms with E-state index in [0.29, 0.717) is 6.54 Å². The lowest BCUT2D eigenvalue weighted by Crippen LogP contribution is -2.61. The Labute approximate surface area is 102 Å². The van der Waals surface area contributed by atoms with Gasteiger partial charge in [0.05, 0.1) is 6.42 Å². The van der Waals surface area contributed by atoms with Crippen LogP contribution in [0.3, 0.4) is 0 Å². The Morgan fingerprint density at radius 1 is 1.35 bits per heavy atom. The number of halogens is 3. The van der Waals surface area contributed by atoms with Crippen molar-refractivity contribution in [2.45, 2.75) is 57.8 Å². The van der Waals surface area contributed by atoms with Gasteiger partial charge in [0.2, 0.25) is 0 Å². The second kappa shape index (κ2) is 5.57. The van der Waals surface area contributed by atoms with E-state index in [1.165, 1.54) is 0 Å². The van der Waals surface area contributed by atoms with Crippen LogP contribution < -0.4 is 5.32 Å². The summed E-state index contributed by atoms with van der Waals surface area (Å²) in [6.07, 6.45) is -2.79. The second-order valence-electron chi connectivity index (χ2n) is 5.54. The molecule has 17 heavy (non-hydrogen) atoms. The average Bonchev–Trinajstić information content (AvgIpc) is 2.17. The van der Waals surface area contributed by atoms with Crippen molar-refractivity contribution in [2.75, 3.05) is 19.6 Å². The highest BCUT2D eigenvalue weighted by molar-refractivity contribution is 4.92. The second-order valence-corrected chi connectivity index (χ2v) is 5.54. The molecule has 2 nitrogen and oxygen atoms in total. The Bertz CT molecular complexity index is 238. The summed E-state index contributed by atoms with van der Waals surface area (Å²) in [5.41, 5.74) is -0.0875. The maximum atomic E-state index is 12.3. The molecule has 1 unspecified atom stereocenters. The van der Waals surface area contributed by atoms with Gasteiger partial charge in [0.15, 0.2) is 0 Å². The van der Waals surface area contributed by atoms with E-state index < -0.39 is 12.6 Å². The molecule has 1 atom stereocenters. The van der Waals surface area contributed by atoms with Gasteiger partial charge in [-0.05, 0) is 20.3 Å². The topological polar surface area (TPSA) is 15.3 Å². The highest BCUT2D eigenvalue weighted by Crippen LogP contribution is 2.24. The lowest BCUT2D eigenvalue weighted by molar-refractivity contribution is -0.140. The molecule has 1 saturated heterocycles. The van der Waals surface area contributed by atoms with Crippen molar-refractivity contribution in [1.29, 1.82) is 0 Å². The van der Waals surface area contributed by atoms with Gasteiger partial charge in [0.1, 0.15) is 0 Å². The third-order valence-corrected chi connectivity index (χ3v) is 3.24. The van der Waals surface area contributed by atoms with E-state index in [0.717, 1.165) is 19.4 Å². The molecule has 102 valence electrons. The molecule has 0 saturated carbocycles. The van der Waals surface area contributed by atoms with E-state index >= 15 is 0 Å². The zero-order chi connectivity index (χ0) is 13.1. The van der Waals surface area contributed by atoms with Crippen molar-refractivity contribution in [1.82, 2.24) is 10.2 Å². The summed E-state index contributed by atoms with van der Waals surface area (Å²) in [4.78, 5) is 1.99. The molecule has 0 radical (unpaired) electrons. The SMILES string of the molecule is CCCC1CNC(C)(C)CN1CCC(F)(F)F. The monoisotopic (exact) mass is 252 g/mol. The average molecular weight is 252 g/mol. The van der Waals surface area contributed by atoms with Gasteiger partial charge in [-0.25, -0.2) is 0 Å². The summed E-state index contributed by atoms with van der Waals surface area (Å²) >= 11 is 0. The van der Waals surface area contributed by atoms with Gasteiger partial charge in [0, 0.05) is 31.2 Å². The van der Waals surface area contributed by atoms with E-state index in [2.05, 4.69) is 12.2 Å². The first-order chi connectivity index (χ1) is 7.73. The van der Waals surface area contributed by atoms with Crippen molar-refractivity contribution < 1.29 is 13.2 Å². The fourth-order valence-electron chi connectivity index (χ4n) is 2.37. The molecule has 0 aromatic heterocycles. The molecule has 0 aromatic carbocycles. The minimum absolute atomic E-state index is 0.0875. The third kappa shape index (κ3) is 5.25. The Morgan fingerprint density at radius 3 is 2.53 bits per heavy atom. The molecule has 5 heteroatoms. The Hall–Kier alpha value is -0.290. The first kappa shape index (κ1) is 14.8. The third-order valence-electron chi connectivity index (χ3n) is 3.24. The minimum atomic E-state index is -4.05. The summed E-state index contributed by atoms with van der Waals surface area (Å²) < 4.78 is 36.8. The molecular weight excluding hydrogens is 229 g/mol. The highest BCUT2D eigenvalue weighted by atomic mass is 19.4. The molecule has 1 N–H and O–H groups in total. The molecule has 1 heterocycles. The van der Waals surface area contributed by atoms with Crippen LogP contribution in [-0.2, 0) is 0 Å². The fraction of sp³-hybridized carbons (Fsp3) is 1.00. The van der Waals surface area contributed by atoms with Crippen molar-refractivity contribution in [2.24, 2.45) is 0 Å². The summed E-state index contributed by atoms with van der Waals surface area (Å²) in [5.74, 6) is 0. The summed E-state index contributed by atoms with van der Waals surface area (Å²) in [5, 5.41) is 3.40. The van der Waals surface area contributed by atoms with Crippen LogP contribution in [0.25, 0.3) is 0 Å². The molecule has 0 aliphatic carbocycles. The van der Waals surface area contributed by atoms with Crippen LogP contribution in [0.5, 0.6) is 0 Å². The lowest BCUT2D eigenvalue weighted by atomic mass is 9.96. The first-order valence-corrected chi connectivity index (χ1v) is 6.29. The lowest BCUT2D eigenvalue weighted by Gasteiger charge is -2.45. The maximum absolute atomic E-state index is 12.3. The van der Waals surface area contributed by atoms with E-state index in [9.17, 15) is 13.2 Å². The van der Waals surface area contributed by atoms with Crippen LogP contribution in [0.15, 0.2) is 0 Å². The summed E-state index contributed by atoms with van der Waals surface area (Å²) in [7, 11) is 0. The molecule has 1 fully saturated rings. The Kier molecular flexibility index (Phi) is 4.84. The zero-order valence-electron chi connectivity index (χ0n) is 10.9. The molecule has 0 bridgehead atoms. The predicted octanol–water partition coefficient (Wildman–Crippen LogP) is 2.79. The normalized spacial score (nSPS) is 26.1. The van der Waals surface area contributed by atoms with Gasteiger partial charge in [-0.1, -0.05) is 13.3 Å². The number of piperazine rings is 1. The molecule has 1 aliphatic rings. The molecule has 0 aromatic rings. The first-order valence-electron chi connectivity index (χ1n) is 6.29. The van der Waals surface area contributed by atoms with Crippen LogP contribution in [-0.4, -0.2) is 42.3 Å². The van der Waals surface area contributed by atoms with E-state index in [1.54, 1.807) is 0 Å². The molecule has 1 rings (SSSR count). The minimum Gasteiger partial charge on any atom is -0.309 e. The predicted molar refractivity (Wildman–Crippen MR) is 63.0 cm³/mol. The van der Waals surface area contributed by atoms with Crippen LogP contribution in [0.2, 0.25) is 0 Å². The van der Waals surface area contributed by atoms with Crippen molar-refractivity contribution >= 4 is 0 Å². The molecule has 0 spiro atoms. The molecule has 1 aliphatic heterocycles. The van der Waals surface area contributed by atoms with E-state index in [-0.39, 0.29) is 18.1 Å². The fourth-order valence-corrected chi connectivity index (χ4v) is 2.37. The molecule has 0 amide bonds. The summed E-state index contributed by atoms with van der Waals surface area (Å²) in [6, 6.07) is 0.246. The van der Waals surface area contributed by atoms with Crippen molar-refractivity contribution in [3.8, 4) is 0 Å². The smallest absolute Gasteiger partial charge is 0.309 e. The number of hydrogen-bond acceptors (Lipinski definition) is 2. The van der Waals surface area contributed by atoms with Crippen LogP contribution in [0.1, 0.15) is 40.0 Å². The van der Waals surface area contributed by atoms with Crippen molar-refractivity contribution in [3.63, 3.8) is 0 Å². The number of nitrogens with one attached hydrogen (secondary N) is 1. The van der Waals surface area contributed by atoms with Gasteiger partial charge < -0.3 is 5.32 Å². The van der Waals surface area contributed by atoms with E-state index in [4.69, 9.17) is 0 Å². The largest absolute Gasteiger partial charge is 0.390 e. The van der Waals surface area contributed by atoms with Gasteiger partial charge in [-0.2, -0.15) is 13.2 Å². The standard InChI is InChI=1S/C12H23F3N2/c1-4-5-10-8-16-11(2,3)9-17(10)7-6-12(13,14)15/h10,16H,4-9H2,1-3H3. The van der Waals surface area contributed by atoms with Gasteiger partial charge >= 0.3 is 6.18 Å². The van der Waals surface area contributed by atoms with Crippen LogP contribution >= 0.6 is 0 Å². The van der Waals surface area contributed by atoms with Crippen LogP contribution in [0.4, 0.5) is 13.2 Å². The summed E-state index contributed by atoms with van der Waals surface area (Å²) in [6.45, 7) is 7.75. The number of hydrogen-bond donors (Lipinski definition) is 1. The number of nitrogens with zero attached hydrogens (tertiary/aromatic N) is 1. The van der Waals surface area contributed by atoms with Gasteiger partial charge in [-0.15, -0.1) is 0 Å². The maximum Gasteiger partial charge on any atom is 0.390 e. The van der Waals surface area contributed by atoms with Gasteiger partial charge in [0.25, 0.3) is 0 Å². The van der Waals surface area contributed by atoms with Gasteiger partial charge in [-0.3, -0.25) is 4.90 Å². The quantitative estimate of drug-likeness (QED) is 0.827. The highest BCUT2D eigenvalue weighted by Gasteiger charge is 2.35. The number of alkyl halides is 3. The zero-order valence-corrected chi connectivity index (χ0v) is 10.9. The Morgan fingerprint density at radius 2 is 2.00 bits per heavy atom. The molecular formula is C12H23F3N2. The van der Waals surface area contributed by atoms with Crippen LogP contribution in [0, 0.1) is 0 Å².